The molecule has 0 saturated heterocycles. The standard InChI is InChI=1S/C12H17BrN2O2/c1-5-12(3,17-4)11(16)15-10-7-6-9(13)8(2)14-10/h6-7H,5H2,1-4H3,(H,14,15,16). The Morgan fingerprint density at radius 2 is 2.24 bits per heavy atom. The molecule has 17 heavy (non-hydrogen) atoms. The zero-order valence-corrected chi connectivity index (χ0v) is 12.1. The molecule has 1 unspecified atom stereocenters. The molecule has 0 spiro atoms. The minimum Gasteiger partial charge on any atom is -0.369 e. The Morgan fingerprint density at radius 1 is 1.59 bits per heavy atom. The number of hydrogen-bond donors (Lipinski definition) is 1. The number of aryl methyl sites for hydroxylation is 1. The number of pyridine rings is 1. The lowest BCUT2D eigenvalue weighted by Gasteiger charge is -2.24. The molecule has 1 atom stereocenters. The summed E-state index contributed by atoms with van der Waals surface area (Å²) in [5, 5.41) is 2.76. The molecule has 1 heterocycles. The normalized spacial score (nSPS) is 14.2. The van der Waals surface area contributed by atoms with E-state index in [0.717, 1.165) is 10.2 Å². The molecule has 0 aliphatic heterocycles. The van der Waals surface area contributed by atoms with Crippen LogP contribution in [0.2, 0.25) is 0 Å². The summed E-state index contributed by atoms with van der Waals surface area (Å²) in [6, 6.07) is 3.61. The summed E-state index contributed by atoms with van der Waals surface area (Å²) in [6.45, 7) is 5.53. The maximum Gasteiger partial charge on any atom is 0.257 e. The molecule has 1 N–H and O–H groups in total. The van der Waals surface area contributed by atoms with Crippen LogP contribution in [0, 0.1) is 6.92 Å². The van der Waals surface area contributed by atoms with E-state index in [1.807, 2.05) is 19.9 Å². The molecular weight excluding hydrogens is 284 g/mol. The Morgan fingerprint density at radius 3 is 2.71 bits per heavy atom. The minimum atomic E-state index is -0.817. The number of halogens is 1. The van der Waals surface area contributed by atoms with Gasteiger partial charge < -0.3 is 10.1 Å². The van der Waals surface area contributed by atoms with Gasteiger partial charge in [0.1, 0.15) is 11.4 Å². The molecule has 1 aromatic rings. The average molecular weight is 301 g/mol. The molecule has 94 valence electrons. The van der Waals surface area contributed by atoms with Gasteiger partial charge in [-0.2, -0.15) is 0 Å². The first-order valence-electron chi connectivity index (χ1n) is 5.42. The molecule has 0 bridgehead atoms. The molecule has 0 radical (unpaired) electrons. The SMILES string of the molecule is CCC(C)(OC)C(=O)Nc1ccc(Br)c(C)n1. The Balaban J connectivity index is 2.84. The fourth-order valence-electron chi connectivity index (χ4n) is 1.26. The zero-order chi connectivity index (χ0) is 13.1. The summed E-state index contributed by atoms with van der Waals surface area (Å²) in [4.78, 5) is 16.3. The van der Waals surface area contributed by atoms with Crippen LogP contribution in [0.3, 0.4) is 0 Å². The molecule has 0 aromatic carbocycles. The largest absolute Gasteiger partial charge is 0.369 e. The number of nitrogens with one attached hydrogen (secondary N) is 1. The molecular formula is C12H17BrN2O2. The van der Waals surface area contributed by atoms with Crippen LogP contribution in [0.1, 0.15) is 26.0 Å². The average Bonchev–Trinajstić information content (AvgIpc) is 2.32. The van der Waals surface area contributed by atoms with Crippen LogP contribution < -0.4 is 5.32 Å². The van der Waals surface area contributed by atoms with Gasteiger partial charge in [-0.25, -0.2) is 4.98 Å². The van der Waals surface area contributed by atoms with E-state index in [-0.39, 0.29) is 5.91 Å². The number of anilines is 1. The first-order chi connectivity index (χ1) is 7.92. The van der Waals surface area contributed by atoms with Gasteiger partial charge in [-0.15, -0.1) is 0 Å². The third kappa shape index (κ3) is 3.26. The van der Waals surface area contributed by atoms with Crippen LogP contribution in [-0.4, -0.2) is 23.6 Å². The predicted molar refractivity (Wildman–Crippen MR) is 71.0 cm³/mol. The number of hydrogen-bond acceptors (Lipinski definition) is 3. The van der Waals surface area contributed by atoms with E-state index < -0.39 is 5.60 Å². The zero-order valence-electron chi connectivity index (χ0n) is 10.5. The molecule has 0 aliphatic rings. The van der Waals surface area contributed by atoms with Crippen LogP contribution in [0.15, 0.2) is 16.6 Å². The van der Waals surface area contributed by atoms with Crippen LogP contribution in [0.5, 0.6) is 0 Å². The molecule has 1 rings (SSSR count). The third-order valence-corrected chi connectivity index (χ3v) is 3.71. The Hall–Kier alpha value is -0.940. The topological polar surface area (TPSA) is 51.2 Å². The fraction of sp³-hybridized carbons (Fsp3) is 0.500. The van der Waals surface area contributed by atoms with E-state index >= 15 is 0 Å². The van der Waals surface area contributed by atoms with E-state index in [2.05, 4.69) is 26.2 Å². The maximum absolute atomic E-state index is 12.0. The lowest BCUT2D eigenvalue weighted by atomic mass is 10.0. The van der Waals surface area contributed by atoms with Crippen molar-refractivity contribution in [1.82, 2.24) is 4.98 Å². The predicted octanol–water partition coefficient (Wildman–Crippen LogP) is 2.91. The van der Waals surface area contributed by atoms with Crippen molar-refractivity contribution in [2.75, 3.05) is 12.4 Å². The highest BCUT2D eigenvalue weighted by Crippen LogP contribution is 2.19. The van der Waals surface area contributed by atoms with Gasteiger partial charge in [0.2, 0.25) is 0 Å². The number of methoxy groups -OCH3 is 1. The van der Waals surface area contributed by atoms with Gasteiger partial charge in [-0.05, 0) is 48.3 Å². The number of amides is 1. The highest BCUT2D eigenvalue weighted by Gasteiger charge is 2.31. The monoisotopic (exact) mass is 300 g/mol. The van der Waals surface area contributed by atoms with Crippen molar-refractivity contribution in [2.24, 2.45) is 0 Å². The van der Waals surface area contributed by atoms with Gasteiger partial charge in [0.05, 0.1) is 5.69 Å². The number of carbonyl (C=O) groups is 1. The summed E-state index contributed by atoms with van der Waals surface area (Å²) >= 11 is 3.36. The van der Waals surface area contributed by atoms with Crippen molar-refractivity contribution in [1.29, 1.82) is 0 Å². The number of ether oxygens (including phenoxy) is 1. The maximum atomic E-state index is 12.0. The summed E-state index contributed by atoms with van der Waals surface area (Å²) in [6.07, 6.45) is 0.602. The smallest absolute Gasteiger partial charge is 0.257 e. The second-order valence-electron chi connectivity index (χ2n) is 4.01. The third-order valence-electron chi connectivity index (χ3n) is 2.87. The quantitative estimate of drug-likeness (QED) is 0.930. The second kappa shape index (κ2) is 5.60. The number of aromatic nitrogens is 1. The Labute approximate surface area is 110 Å². The van der Waals surface area contributed by atoms with Gasteiger partial charge >= 0.3 is 0 Å². The van der Waals surface area contributed by atoms with Gasteiger partial charge in [-0.3, -0.25) is 4.79 Å². The second-order valence-corrected chi connectivity index (χ2v) is 4.86. The molecule has 4 nitrogen and oxygen atoms in total. The molecule has 0 fully saturated rings. The van der Waals surface area contributed by atoms with E-state index in [4.69, 9.17) is 4.74 Å². The summed E-state index contributed by atoms with van der Waals surface area (Å²) in [7, 11) is 1.53. The van der Waals surface area contributed by atoms with E-state index in [0.29, 0.717) is 12.2 Å². The van der Waals surface area contributed by atoms with Crippen molar-refractivity contribution in [3.8, 4) is 0 Å². The lowest BCUT2D eigenvalue weighted by Crippen LogP contribution is -2.41. The summed E-state index contributed by atoms with van der Waals surface area (Å²) < 4.78 is 6.14. The molecule has 5 heteroatoms. The first-order valence-corrected chi connectivity index (χ1v) is 6.22. The highest BCUT2D eigenvalue weighted by atomic mass is 79.9. The van der Waals surface area contributed by atoms with Gasteiger partial charge in [0.15, 0.2) is 0 Å². The highest BCUT2D eigenvalue weighted by molar-refractivity contribution is 9.10. The van der Waals surface area contributed by atoms with Crippen molar-refractivity contribution in [3.05, 3.63) is 22.3 Å². The van der Waals surface area contributed by atoms with Gasteiger partial charge in [0, 0.05) is 11.6 Å². The van der Waals surface area contributed by atoms with Gasteiger partial charge in [-0.1, -0.05) is 6.92 Å². The van der Waals surface area contributed by atoms with E-state index in [1.54, 1.807) is 13.0 Å². The first kappa shape index (κ1) is 14.1. The van der Waals surface area contributed by atoms with Crippen LogP contribution in [-0.2, 0) is 9.53 Å². The van der Waals surface area contributed by atoms with Crippen molar-refractivity contribution >= 4 is 27.7 Å². The number of rotatable bonds is 4. The van der Waals surface area contributed by atoms with Crippen molar-refractivity contribution in [3.63, 3.8) is 0 Å². The molecule has 1 amide bonds. The van der Waals surface area contributed by atoms with Crippen LogP contribution >= 0.6 is 15.9 Å². The summed E-state index contributed by atoms with van der Waals surface area (Å²) in [5.74, 6) is 0.351. The van der Waals surface area contributed by atoms with Crippen LogP contribution in [0.25, 0.3) is 0 Å². The molecule has 0 aliphatic carbocycles. The lowest BCUT2D eigenvalue weighted by molar-refractivity contribution is -0.136. The van der Waals surface area contributed by atoms with Crippen molar-refractivity contribution < 1.29 is 9.53 Å². The van der Waals surface area contributed by atoms with E-state index in [1.165, 1.54) is 7.11 Å². The number of carbonyl (C=O) groups excluding carboxylic acids is 1. The van der Waals surface area contributed by atoms with Crippen LogP contribution in [0.4, 0.5) is 5.82 Å². The molecule has 1 aromatic heterocycles. The van der Waals surface area contributed by atoms with E-state index in [9.17, 15) is 4.79 Å². The van der Waals surface area contributed by atoms with Crippen molar-refractivity contribution in [2.45, 2.75) is 32.8 Å². The minimum absolute atomic E-state index is 0.184. The Kier molecular flexibility index (Phi) is 4.65. The van der Waals surface area contributed by atoms with Gasteiger partial charge in [0.25, 0.3) is 5.91 Å². The fourth-order valence-corrected chi connectivity index (χ4v) is 1.48. The summed E-state index contributed by atoms with van der Waals surface area (Å²) in [5.41, 5.74) is 0.0151. The molecule has 0 saturated carbocycles. The Bertz CT molecular complexity index is 417. The number of nitrogens with zero attached hydrogens (tertiary/aromatic N) is 1.